The fourth-order valence-corrected chi connectivity index (χ4v) is 2.40. The first-order valence-corrected chi connectivity index (χ1v) is 7.60. The van der Waals surface area contributed by atoms with Crippen molar-refractivity contribution in [2.45, 2.75) is 40.2 Å². The van der Waals surface area contributed by atoms with Gasteiger partial charge in [0.25, 0.3) is 0 Å². The first-order chi connectivity index (χ1) is 7.15. The number of rotatable bonds is 3. The Hall–Kier alpha value is -0.0000000000000000416. The molecule has 0 aromatic rings. The van der Waals surface area contributed by atoms with E-state index in [1.807, 2.05) is 13.8 Å². The molecule has 0 fully saturated rings. The average Bonchev–Trinajstić information content (AvgIpc) is 1.68. The molecule has 0 radical (unpaired) electrons. The Balaban J connectivity index is 0. The molecule has 104 valence electrons. The maximum atomic E-state index is 10.9. The van der Waals surface area contributed by atoms with Gasteiger partial charge < -0.3 is 14.7 Å². The van der Waals surface area contributed by atoms with Crippen LogP contribution in [0.25, 0.3) is 0 Å². The Morgan fingerprint density at radius 2 is 1.41 bits per heavy atom. The Morgan fingerprint density at radius 1 is 1.12 bits per heavy atom. The van der Waals surface area contributed by atoms with Crippen LogP contribution in [0.3, 0.4) is 0 Å². The molecule has 3 N–H and O–H groups in total. The van der Waals surface area contributed by atoms with Crippen molar-refractivity contribution in [2.75, 3.05) is 0 Å². The molecular formula is C8H20O7P2. The maximum absolute atomic E-state index is 10.9. The van der Waals surface area contributed by atoms with Gasteiger partial charge in [-0.1, -0.05) is 5.57 Å². The monoisotopic (exact) mass is 290 g/mol. The van der Waals surface area contributed by atoms with Crippen LogP contribution in [0.5, 0.6) is 0 Å². The van der Waals surface area contributed by atoms with Gasteiger partial charge in [-0.05, 0) is 34.6 Å². The molecule has 0 aromatic heterocycles. The molecule has 0 aromatic carbocycles. The molecule has 7 nitrogen and oxygen atoms in total. The third-order valence-electron chi connectivity index (χ3n) is 0.599. The Morgan fingerprint density at radius 3 is 1.59 bits per heavy atom. The van der Waals surface area contributed by atoms with Crippen LogP contribution in [0.4, 0.5) is 0 Å². The number of phosphoric ester groups is 1. The zero-order valence-corrected chi connectivity index (χ0v) is 12.4. The zero-order valence-electron chi connectivity index (χ0n) is 10.6. The summed E-state index contributed by atoms with van der Waals surface area (Å²) in [5, 5.41) is 0. The zero-order chi connectivity index (χ0) is 14.5. The molecule has 0 saturated carbocycles. The van der Waals surface area contributed by atoms with Gasteiger partial charge in [0.15, 0.2) is 0 Å². The van der Waals surface area contributed by atoms with Crippen LogP contribution < -0.4 is 0 Å². The topological polar surface area (TPSA) is 113 Å². The Labute approximate surface area is 101 Å². The largest absolute Gasteiger partial charge is 0.481 e. The van der Waals surface area contributed by atoms with E-state index in [0.29, 0.717) is 0 Å². The third-order valence-corrected chi connectivity index (χ3v) is 3.05. The second-order valence-electron chi connectivity index (χ2n) is 4.45. The summed E-state index contributed by atoms with van der Waals surface area (Å²) in [6.07, 6.45) is 0. The van der Waals surface area contributed by atoms with Gasteiger partial charge in [0.05, 0.1) is 5.60 Å². The van der Waals surface area contributed by atoms with Gasteiger partial charge in [0.2, 0.25) is 0 Å². The van der Waals surface area contributed by atoms with Gasteiger partial charge in [0.1, 0.15) is 0 Å². The van der Waals surface area contributed by atoms with Gasteiger partial charge in [-0.3, -0.25) is 4.52 Å². The van der Waals surface area contributed by atoms with Crippen LogP contribution in [0.2, 0.25) is 0 Å². The highest BCUT2D eigenvalue weighted by Gasteiger charge is 2.36. The van der Waals surface area contributed by atoms with Crippen LogP contribution in [-0.4, -0.2) is 20.3 Å². The normalized spacial score (nSPS) is 15.5. The molecule has 0 aliphatic carbocycles. The van der Waals surface area contributed by atoms with Gasteiger partial charge in [-0.25, -0.2) is 9.13 Å². The van der Waals surface area contributed by atoms with Crippen molar-refractivity contribution in [1.82, 2.24) is 0 Å². The first-order valence-electron chi connectivity index (χ1n) is 4.57. The van der Waals surface area contributed by atoms with Crippen LogP contribution in [0.1, 0.15) is 34.6 Å². The Kier molecular flexibility index (Phi) is 7.74. The van der Waals surface area contributed by atoms with Crippen molar-refractivity contribution in [3.8, 4) is 0 Å². The van der Waals surface area contributed by atoms with Crippen molar-refractivity contribution in [2.24, 2.45) is 0 Å². The SMILES string of the molecule is C=C(C)C.CC(C)(C)OP(=O)(O)OP(=O)(O)O. The number of phosphoric acid groups is 2. The van der Waals surface area contributed by atoms with Gasteiger partial charge in [-0.15, -0.1) is 6.58 Å². The summed E-state index contributed by atoms with van der Waals surface area (Å²) < 4.78 is 29.0. The minimum atomic E-state index is -5.01. The highest BCUT2D eigenvalue weighted by Crippen LogP contribution is 2.59. The van der Waals surface area contributed by atoms with Crippen molar-refractivity contribution >= 4 is 15.6 Å². The van der Waals surface area contributed by atoms with E-state index < -0.39 is 21.2 Å². The smallest absolute Gasteiger partial charge is 0.302 e. The lowest BCUT2D eigenvalue weighted by molar-refractivity contribution is 0.0789. The predicted octanol–water partition coefficient (Wildman–Crippen LogP) is 2.59. The highest BCUT2D eigenvalue weighted by atomic mass is 31.3. The van der Waals surface area contributed by atoms with Gasteiger partial charge >= 0.3 is 15.6 Å². The van der Waals surface area contributed by atoms with E-state index in [4.69, 9.17) is 14.7 Å². The van der Waals surface area contributed by atoms with Gasteiger partial charge in [0, 0.05) is 0 Å². The van der Waals surface area contributed by atoms with Gasteiger partial charge in [-0.2, -0.15) is 4.31 Å². The molecule has 0 heterocycles. The molecule has 0 amide bonds. The fraction of sp³-hybridized carbons (Fsp3) is 0.750. The Bertz CT molecular complexity index is 334. The van der Waals surface area contributed by atoms with Crippen molar-refractivity contribution in [3.63, 3.8) is 0 Å². The minimum Gasteiger partial charge on any atom is -0.302 e. The molecule has 0 spiro atoms. The fourth-order valence-electron chi connectivity index (χ4n) is 0.497. The number of hydrogen-bond donors (Lipinski definition) is 3. The molecule has 1 unspecified atom stereocenters. The van der Waals surface area contributed by atoms with E-state index >= 15 is 0 Å². The molecule has 0 bridgehead atoms. The summed E-state index contributed by atoms with van der Waals surface area (Å²) in [5.41, 5.74) is 0.138. The van der Waals surface area contributed by atoms with E-state index in [0.717, 1.165) is 0 Å². The first kappa shape index (κ1) is 19.3. The van der Waals surface area contributed by atoms with E-state index in [2.05, 4.69) is 15.4 Å². The quantitative estimate of drug-likeness (QED) is 0.540. The lowest BCUT2D eigenvalue weighted by Crippen LogP contribution is -2.17. The summed E-state index contributed by atoms with van der Waals surface area (Å²) in [6, 6.07) is 0. The molecule has 0 saturated heterocycles. The summed E-state index contributed by atoms with van der Waals surface area (Å²) in [6.45, 7) is 11.8. The number of hydrogen-bond acceptors (Lipinski definition) is 4. The van der Waals surface area contributed by atoms with E-state index in [-0.39, 0.29) is 0 Å². The van der Waals surface area contributed by atoms with Crippen LogP contribution in [-0.2, 0) is 18.0 Å². The number of allylic oxidation sites excluding steroid dienone is 1. The molecule has 0 aliphatic heterocycles. The van der Waals surface area contributed by atoms with Crippen molar-refractivity contribution in [3.05, 3.63) is 12.2 Å². The standard InChI is InChI=1S/C4H12O7P2.C4H8/c1-4(2,3)10-13(8,9)11-12(5,6)7;1-4(2)3/h1-3H3,(H,8,9)(H2,5,6,7);1H2,2-3H3. The predicted molar refractivity (Wildman–Crippen MR) is 64.3 cm³/mol. The summed E-state index contributed by atoms with van der Waals surface area (Å²) >= 11 is 0. The average molecular weight is 290 g/mol. The molecule has 17 heavy (non-hydrogen) atoms. The molecule has 0 aliphatic rings. The summed E-state index contributed by atoms with van der Waals surface area (Å²) in [4.78, 5) is 25.3. The van der Waals surface area contributed by atoms with Crippen molar-refractivity contribution < 1.29 is 32.6 Å². The summed E-state index contributed by atoms with van der Waals surface area (Å²) in [5.74, 6) is 0. The molecule has 1 atom stereocenters. The second-order valence-corrected chi connectivity index (χ2v) is 7.21. The second kappa shape index (κ2) is 6.81. The van der Waals surface area contributed by atoms with E-state index in [9.17, 15) is 9.13 Å². The molecule has 9 heteroatoms. The summed E-state index contributed by atoms with van der Waals surface area (Å²) in [7, 11) is -9.71. The lowest BCUT2D eigenvalue weighted by atomic mass is 10.2. The van der Waals surface area contributed by atoms with Crippen LogP contribution >= 0.6 is 15.6 Å². The van der Waals surface area contributed by atoms with E-state index in [1.165, 1.54) is 26.3 Å². The van der Waals surface area contributed by atoms with E-state index in [1.54, 1.807) is 0 Å². The minimum absolute atomic E-state index is 1.03. The maximum Gasteiger partial charge on any atom is 0.481 e. The molecule has 0 rings (SSSR count). The highest BCUT2D eigenvalue weighted by molar-refractivity contribution is 7.60. The van der Waals surface area contributed by atoms with Crippen molar-refractivity contribution in [1.29, 1.82) is 0 Å². The third kappa shape index (κ3) is 21.8. The molecular weight excluding hydrogens is 270 g/mol. The van der Waals surface area contributed by atoms with Crippen LogP contribution in [0, 0.1) is 0 Å². The lowest BCUT2D eigenvalue weighted by Gasteiger charge is -2.22. The van der Waals surface area contributed by atoms with Crippen LogP contribution in [0.15, 0.2) is 12.2 Å².